The first-order valence-electron chi connectivity index (χ1n) is 9.38. The summed E-state index contributed by atoms with van der Waals surface area (Å²) in [5, 5.41) is 7.20. The standard InChI is InChI=1S/C21H21BrCl2N4O4/c1-11(2)19(27-20(30)14-5-4-13(23)8-16(14)24)21(31)28-26-9-12-3-6-17(15(22)7-12)32-10-18(25)29/h3-9,11,19H,10H2,1-2H3,(H2,25,29)(H,27,30)(H,28,31)/b26-9-. The molecule has 2 aromatic rings. The number of ether oxygens (including phenoxy) is 1. The van der Waals surface area contributed by atoms with E-state index < -0.39 is 23.8 Å². The molecule has 170 valence electrons. The van der Waals surface area contributed by atoms with Crippen molar-refractivity contribution in [1.29, 1.82) is 0 Å². The molecule has 2 aromatic carbocycles. The number of hydrogen-bond donors (Lipinski definition) is 3. The third-order valence-electron chi connectivity index (χ3n) is 4.13. The van der Waals surface area contributed by atoms with Crippen molar-refractivity contribution in [2.24, 2.45) is 16.8 Å². The Morgan fingerprint density at radius 1 is 1.19 bits per heavy atom. The highest BCUT2D eigenvalue weighted by Crippen LogP contribution is 2.25. The van der Waals surface area contributed by atoms with Gasteiger partial charge in [0, 0.05) is 5.02 Å². The predicted molar refractivity (Wildman–Crippen MR) is 127 cm³/mol. The van der Waals surface area contributed by atoms with Crippen molar-refractivity contribution in [2.75, 3.05) is 6.61 Å². The number of nitrogens with two attached hydrogens (primary N) is 1. The van der Waals surface area contributed by atoms with E-state index in [1.54, 1.807) is 38.1 Å². The van der Waals surface area contributed by atoms with E-state index in [0.29, 0.717) is 20.8 Å². The van der Waals surface area contributed by atoms with Gasteiger partial charge in [0.2, 0.25) is 0 Å². The van der Waals surface area contributed by atoms with Crippen molar-refractivity contribution in [3.8, 4) is 5.75 Å². The molecule has 1 atom stereocenters. The number of carbonyl (C=O) groups excluding carboxylic acids is 3. The van der Waals surface area contributed by atoms with Crippen LogP contribution in [0.5, 0.6) is 5.75 Å². The minimum Gasteiger partial charge on any atom is -0.483 e. The third kappa shape index (κ3) is 7.51. The summed E-state index contributed by atoms with van der Waals surface area (Å²) in [4.78, 5) is 36.0. The summed E-state index contributed by atoms with van der Waals surface area (Å²) in [5.74, 6) is -1.35. The first-order valence-corrected chi connectivity index (χ1v) is 10.9. The lowest BCUT2D eigenvalue weighted by Crippen LogP contribution is -2.48. The average molecular weight is 544 g/mol. The molecule has 2 rings (SSSR count). The van der Waals surface area contributed by atoms with Gasteiger partial charge in [0.25, 0.3) is 17.7 Å². The molecule has 3 amide bonds. The Hall–Kier alpha value is -2.62. The molecule has 0 fully saturated rings. The maximum atomic E-state index is 12.6. The SMILES string of the molecule is CC(C)C(NC(=O)c1ccc(Cl)cc1Cl)C(=O)N/N=C\c1ccc(OCC(N)=O)c(Br)c1. The molecule has 0 aliphatic heterocycles. The molecule has 8 nitrogen and oxygen atoms in total. The van der Waals surface area contributed by atoms with Gasteiger partial charge in [-0.25, -0.2) is 5.43 Å². The van der Waals surface area contributed by atoms with Crippen LogP contribution >= 0.6 is 39.1 Å². The van der Waals surface area contributed by atoms with Crippen LogP contribution in [0.4, 0.5) is 0 Å². The Morgan fingerprint density at radius 2 is 1.91 bits per heavy atom. The molecule has 0 aliphatic carbocycles. The van der Waals surface area contributed by atoms with Crippen LogP contribution < -0.4 is 21.2 Å². The highest BCUT2D eigenvalue weighted by atomic mass is 79.9. The molecule has 0 saturated carbocycles. The van der Waals surface area contributed by atoms with Gasteiger partial charge in [-0.3, -0.25) is 14.4 Å². The van der Waals surface area contributed by atoms with Gasteiger partial charge in [-0.1, -0.05) is 37.0 Å². The van der Waals surface area contributed by atoms with E-state index in [-0.39, 0.29) is 23.1 Å². The Morgan fingerprint density at radius 3 is 2.50 bits per heavy atom. The Labute approximate surface area is 203 Å². The lowest BCUT2D eigenvalue weighted by molar-refractivity contribution is -0.124. The maximum absolute atomic E-state index is 12.6. The topological polar surface area (TPSA) is 123 Å². The van der Waals surface area contributed by atoms with Gasteiger partial charge >= 0.3 is 0 Å². The van der Waals surface area contributed by atoms with Crippen LogP contribution in [0.1, 0.15) is 29.8 Å². The van der Waals surface area contributed by atoms with Crippen molar-refractivity contribution >= 4 is 63.1 Å². The fraction of sp³-hybridized carbons (Fsp3) is 0.238. The molecule has 4 N–H and O–H groups in total. The van der Waals surface area contributed by atoms with E-state index in [9.17, 15) is 14.4 Å². The number of nitrogens with zero attached hydrogens (tertiary/aromatic N) is 1. The molecular weight excluding hydrogens is 523 g/mol. The van der Waals surface area contributed by atoms with Crippen LogP contribution in [-0.4, -0.2) is 36.6 Å². The number of primary amides is 1. The van der Waals surface area contributed by atoms with E-state index in [1.165, 1.54) is 18.3 Å². The quantitative estimate of drug-likeness (QED) is 0.330. The van der Waals surface area contributed by atoms with Gasteiger partial charge in [-0.15, -0.1) is 0 Å². The Kier molecular flexibility index (Phi) is 9.49. The van der Waals surface area contributed by atoms with Gasteiger partial charge < -0.3 is 15.8 Å². The second kappa shape index (κ2) is 11.8. The minimum absolute atomic E-state index is 0.185. The molecule has 0 radical (unpaired) electrons. The molecule has 0 spiro atoms. The molecular formula is C21H21BrCl2N4O4. The zero-order valence-corrected chi connectivity index (χ0v) is 20.3. The molecule has 0 bridgehead atoms. The number of amides is 3. The van der Waals surface area contributed by atoms with Crippen molar-refractivity contribution < 1.29 is 19.1 Å². The van der Waals surface area contributed by atoms with Crippen molar-refractivity contribution in [1.82, 2.24) is 10.7 Å². The second-order valence-electron chi connectivity index (χ2n) is 7.00. The number of nitrogens with one attached hydrogen (secondary N) is 2. The molecule has 0 saturated heterocycles. The lowest BCUT2D eigenvalue weighted by atomic mass is 10.0. The van der Waals surface area contributed by atoms with Gasteiger partial charge in [0.05, 0.1) is 21.3 Å². The summed E-state index contributed by atoms with van der Waals surface area (Å²) in [5.41, 5.74) is 8.34. The van der Waals surface area contributed by atoms with Crippen LogP contribution in [-0.2, 0) is 9.59 Å². The van der Waals surface area contributed by atoms with E-state index in [4.69, 9.17) is 33.7 Å². The molecule has 1 unspecified atom stereocenters. The summed E-state index contributed by atoms with van der Waals surface area (Å²) in [6, 6.07) is 8.64. The summed E-state index contributed by atoms with van der Waals surface area (Å²) in [6.07, 6.45) is 1.43. The number of carbonyl (C=O) groups is 3. The molecule has 0 aliphatic rings. The van der Waals surface area contributed by atoms with Crippen molar-refractivity contribution in [3.05, 3.63) is 62.0 Å². The van der Waals surface area contributed by atoms with Crippen LogP contribution in [0.15, 0.2) is 46.0 Å². The largest absolute Gasteiger partial charge is 0.483 e. The van der Waals surface area contributed by atoms with Crippen molar-refractivity contribution in [2.45, 2.75) is 19.9 Å². The van der Waals surface area contributed by atoms with Gasteiger partial charge in [-0.2, -0.15) is 5.10 Å². The number of halogens is 3. The molecule has 32 heavy (non-hydrogen) atoms. The lowest BCUT2D eigenvalue weighted by Gasteiger charge is -2.20. The molecule has 0 heterocycles. The summed E-state index contributed by atoms with van der Waals surface area (Å²) in [7, 11) is 0. The van der Waals surface area contributed by atoms with E-state index in [2.05, 4.69) is 31.8 Å². The number of benzene rings is 2. The monoisotopic (exact) mass is 542 g/mol. The second-order valence-corrected chi connectivity index (χ2v) is 8.70. The highest BCUT2D eigenvalue weighted by Gasteiger charge is 2.25. The minimum atomic E-state index is -0.845. The fourth-order valence-electron chi connectivity index (χ4n) is 2.53. The number of rotatable bonds is 9. The predicted octanol–water partition coefficient (Wildman–Crippen LogP) is 3.52. The van der Waals surface area contributed by atoms with E-state index in [0.717, 1.165) is 0 Å². The maximum Gasteiger partial charge on any atom is 0.262 e. The normalized spacial score (nSPS) is 11.9. The average Bonchev–Trinajstić information content (AvgIpc) is 2.70. The Bertz CT molecular complexity index is 1050. The summed E-state index contributed by atoms with van der Waals surface area (Å²) in [6.45, 7) is 3.34. The first-order chi connectivity index (χ1) is 15.1. The zero-order valence-electron chi connectivity index (χ0n) is 17.2. The van der Waals surface area contributed by atoms with Crippen LogP contribution in [0, 0.1) is 5.92 Å². The summed E-state index contributed by atoms with van der Waals surface area (Å²) < 4.78 is 5.83. The molecule has 11 heteroatoms. The first kappa shape index (κ1) is 25.6. The van der Waals surface area contributed by atoms with Crippen LogP contribution in [0.25, 0.3) is 0 Å². The molecule has 0 aromatic heterocycles. The smallest absolute Gasteiger partial charge is 0.262 e. The fourth-order valence-corrected chi connectivity index (χ4v) is 3.54. The van der Waals surface area contributed by atoms with Gasteiger partial charge in [0.1, 0.15) is 11.8 Å². The van der Waals surface area contributed by atoms with Gasteiger partial charge in [0.15, 0.2) is 6.61 Å². The van der Waals surface area contributed by atoms with Gasteiger partial charge in [-0.05, 0) is 63.8 Å². The van der Waals surface area contributed by atoms with Crippen molar-refractivity contribution in [3.63, 3.8) is 0 Å². The van der Waals surface area contributed by atoms with Crippen LogP contribution in [0.3, 0.4) is 0 Å². The van der Waals surface area contributed by atoms with E-state index >= 15 is 0 Å². The third-order valence-corrected chi connectivity index (χ3v) is 5.29. The summed E-state index contributed by atoms with van der Waals surface area (Å²) >= 11 is 15.3. The number of hydrogen-bond acceptors (Lipinski definition) is 5. The highest BCUT2D eigenvalue weighted by molar-refractivity contribution is 9.10. The number of hydrazone groups is 1. The zero-order chi connectivity index (χ0) is 23.8. The van der Waals surface area contributed by atoms with Crippen LogP contribution in [0.2, 0.25) is 10.0 Å². The van der Waals surface area contributed by atoms with E-state index in [1.807, 2.05) is 0 Å². The Balaban J connectivity index is 2.02.